The second-order valence-electron chi connectivity index (χ2n) is 5.00. The average molecular weight is 284 g/mol. The Morgan fingerprint density at radius 1 is 1.37 bits per heavy atom. The fourth-order valence-corrected chi connectivity index (χ4v) is 2.47. The molecule has 0 aromatic carbocycles. The smallest absolute Gasteiger partial charge is 0.234 e. The lowest BCUT2D eigenvalue weighted by Crippen LogP contribution is -2.27. The fourth-order valence-electron chi connectivity index (χ4n) is 2.29. The van der Waals surface area contributed by atoms with Gasteiger partial charge in [-0.1, -0.05) is 18.5 Å². The van der Waals surface area contributed by atoms with E-state index in [1.54, 1.807) is 0 Å². The van der Waals surface area contributed by atoms with Crippen molar-refractivity contribution in [2.24, 2.45) is 11.8 Å². The number of methoxy groups -OCH3 is 1. The van der Waals surface area contributed by atoms with E-state index in [1.807, 2.05) is 0 Å². The summed E-state index contributed by atoms with van der Waals surface area (Å²) in [7, 11) is 1.49. The zero-order chi connectivity index (χ0) is 13.8. The maximum absolute atomic E-state index is 12.1. The molecule has 2 rings (SSSR count). The van der Waals surface area contributed by atoms with Gasteiger partial charge >= 0.3 is 0 Å². The van der Waals surface area contributed by atoms with Crippen LogP contribution in [0.25, 0.3) is 0 Å². The molecular formula is C13H18ClN3O2. The van der Waals surface area contributed by atoms with Crippen LogP contribution in [0.3, 0.4) is 0 Å². The van der Waals surface area contributed by atoms with E-state index in [0.717, 1.165) is 25.7 Å². The summed E-state index contributed by atoms with van der Waals surface area (Å²) in [6.07, 6.45) is 4.03. The maximum Gasteiger partial charge on any atom is 0.234 e. The summed E-state index contributed by atoms with van der Waals surface area (Å²) >= 11 is 5.83. The highest BCUT2D eigenvalue weighted by molar-refractivity contribution is 6.29. The Balaban J connectivity index is 2.00. The largest absolute Gasteiger partial charge is 0.481 e. The molecule has 1 aliphatic carbocycles. The molecule has 104 valence electrons. The summed E-state index contributed by atoms with van der Waals surface area (Å²) in [6, 6.07) is 1.50. The van der Waals surface area contributed by atoms with E-state index in [-0.39, 0.29) is 22.9 Å². The van der Waals surface area contributed by atoms with Gasteiger partial charge in [-0.2, -0.15) is 4.98 Å². The van der Waals surface area contributed by atoms with Gasteiger partial charge in [-0.15, -0.1) is 0 Å². The van der Waals surface area contributed by atoms with Crippen LogP contribution in [0.5, 0.6) is 5.88 Å². The first-order valence-corrected chi connectivity index (χ1v) is 6.85. The first kappa shape index (κ1) is 14.1. The van der Waals surface area contributed by atoms with Crippen LogP contribution in [-0.4, -0.2) is 23.0 Å². The van der Waals surface area contributed by atoms with E-state index >= 15 is 0 Å². The van der Waals surface area contributed by atoms with Crippen LogP contribution in [0, 0.1) is 11.8 Å². The molecular weight excluding hydrogens is 266 g/mol. The third kappa shape index (κ3) is 3.80. The number of aromatic nitrogens is 2. The third-order valence-electron chi connectivity index (χ3n) is 3.50. The minimum absolute atomic E-state index is 0.0313. The third-order valence-corrected chi connectivity index (χ3v) is 3.70. The first-order chi connectivity index (χ1) is 9.08. The highest BCUT2D eigenvalue weighted by Gasteiger charge is 2.25. The number of ether oxygens (including phenoxy) is 1. The molecule has 1 saturated carbocycles. The van der Waals surface area contributed by atoms with Crippen molar-refractivity contribution in [3.8, 4) is 5.88 Å². The monoisotopic (exact) mass is 283 g/mol. The normalized spacial score (nSPS) is 22.9. The van der Waals surface area contributed by atoms with Crippen LogP contribution in [-0.2, 0) is 4.79 Å². The fraction of sp³-hybridized carbons (Fsp3) is 0.615. The first-order valence-electron chi connectivity index (χ1n) is 6.48. The van der Waals surface area contributed by atoms with Gasteiger partial charge in [0.15, 0.2) is 0 Å². The molecule has 0 radical (unpaired) electrons. The lowest BCUT2D eigenvalue weighted by molar-refractivity contribution is -0.121. The molecule has 0 spiro atoms. The van der Waals surface area contributed by atoms with Crippen LogP contribution >= 0.6 is 11.6 Å². The highest BCUT2D eigenvalue weighted by atomic mass is 35.5. The van der Waals surface area contributed by atoms with E-state index in [9.17, 15) is 4.79 Å². The minimum Gasteiger partial charge on any atom is -0.481 e. The number of carbonyl (C=O) groups excluding carboxylic acids is 1. The van der Waals surface area contributed by atoms with Gasteiger partial charge in [-0.3, -0.25) is 10.1 Å². The van der Waals surface area contributed by atoms with Gasteiger partial charge in [-0.25, -0.2) is 4.98 Å². The molecule has 0 aliphatic heterocycles. The van der Waals surface area contributed by atoms with Crippen LogP contribution in [0.2, 0.25) is 5.15 Å². The summed E-state index contributed by atoms with van der Waals surface area (Å²) in [5.41, 5.74) is 0. The van der Waals surface area contributed by atoms with Gasteiger partial charge in [0, 0.05) is 12.0 Å². The molecule has 0 atom stereocenters. The van der Waals surface area contributed by atoms with Crippen molar-refractivity contribution >= 4 is 23.5 Å². The minimum atomic E-state index is -0.0313. The molecule has 5 nitrogen and oxygen atoms in total. The Morgan fingerprint density at radius 2 is 2.05 bits per heavy atom. The van der Waals surface area contributed by atoms with Crippen molar-refractivity contribution in [3.63, 3.8) is 0 Å². The number of rotatable bonds is 3. The quantitative estimate of drug-likeness (QED) is 0.866. The van der Waals surface area contributed by atoms with Crippen LogP contribution < -0.4 is 10.1 Å². The van der Waals surface area contributed by atoms with Crippen LogP contribution in [0.1, 0.15) is 32.6 Å². The number of nitrogens with zero attached hydrogens (tertiary/aromatic N) is 2. The van der Waals surface area contributed by atoms with Crippen molar-refractivity contribution in [3.05, 3.63) is 11.2 Å². The number of hydrogen-bond acceptors (Lipinski definition) is 4. The lowest BCUT2D eigenvalue weighted by atomic mass is 9.82. The standard InChI is InChI=1S/C13H18ClN3O2/c1-8-3-5-9(6-4-8)12(18)17-13-15-10(14)7-11(16-13)19-2/h7-9H,3-6H2,1-2H3,(H,15,16,17,18). The number of nitrogens with one attached hydrogen (secondary N) is 1. The summed E-state index contributed by atoms with van der Waals surface area (Å²) in [5, 5.41) is 2.97. The van der Waals surface area contributed by atoms with E-state index in [0.29, 0.717) is 11.8 Å². The molecule has 1 aliphatic rings. The SMILES string of the molecule is COc1cc(Cl)nc(NC(=O)C2CCC(C)CC2)n1. The predicted molar refractivity (Wildman–Crippen MR) is 73.3 cm³/mol. The maximum atomic E-state index is 12.1. The number of hydrogen-bond donors (Lipinski definition) is 1. The Bertz CT molecular complexity index is 459. The zero-order valence-corrected chi connectivity index (χ0v) is 11.9. The molecule has 1 fully saturated rings. The van der Waals surface area contributed by atoms with Gasteiger partial charge in [0.1, 0.15) is 5.15 Å². The summed E-state index contributed by atoms with van der Waals surface area (Å²) in [6.45, 7) is 2.22. The highest BCUT2D eigenvalue weighted by Crippen LogP contribution is 2.29. The second kappa shape index (κ2) is 6.19. The predicted octanol–water partition coefficient (Wildman–Crippen LogP) is 2.90. The summed E-state index contributed by atoms with van der Waals surface area (Å²) in [4.78, 5) is 20.1. The van der Waals surface area contributed by atoms with Gasteiger partial charge in [0.2, 0.25) is 17.7 Å². The summed E-state index contributed by atoms with van der Waals surface area (Å²) < 4.78 is 4.99. The number of amides is 1. The Labute approximate surface area is 117 Å². The van der Waals surface area contributed by atoms with Crippen molar-refractivity contribution in [1.29, 1.82) is 0 Å². The Morgan fingerprint density at radius 3 is 2.68 bits per heavy atom. The number of halogens is 1. The van der Waals surface area contributed by atoms with Gasteiger partial charge in [0.25, 0.3) is 0 Å². The number of anilines is 1. The van der Waals surface area contributed by atoms with Gasteiger partial charge in [-0.05, 0) is 31.6 Å². The Kier molecular flexibility index (Phi) is 4.58. The Hall–Kier alpha value is -1.36. The van der Waals surface area contributed by atoms with E-state index in [4.69, 9.17) is 16.3 Å². The molecule has 1 heterocycles. The van der Waals surface area contributed by atoms with Crippen molar-refractivity contribution < 1.29 is 9.53 Å². The van der Waals surface area contributed by atoms with Crippen molar-refractivity contribution in [2.75, 3.05) is 12.4 Å². The van der Waals surface area contributed by atoms with Crippen molar-refractivity contribution in [1.82, 2.24) is 9.97 Å². The van der Waals surface area contributed by atoms with E-state index < -0.39 is 0 Å². The molecule has 1 N–H and O–H groups in total. The molecule has 19 heavy (non-hydrogen) atoms. The molecule has 0 bridgehead atoms. The molecule has 0 saturated heterocycles. The number of carbonyl (C=O) groups is 1. The van der Waals surface area contributed by atoms with Crippen LogP contribution in [0.4, 0.5) is 5.95 Å². The second-order valence-corrected chi connectivity index (χ2v) is 5.39. The summed E-state index contributed by atoms with van der Waals surface area (Å²) in [5.74, 6) is 1.27. The lowest BCUT2D eigenvalue weighted by Gasteiger charge is -2.24. The zero-order valence-electron chi connectivity index (χ0n) is 11.1. The molecule has 1 amide bonds. The average Bonchev–Trinajstić information content (AvgIpc) is 2.38. The molecule has 1 aromatic heterocycles. The van der Waals surface area contributed by atoms with E-state index in [1.165, 1.54) is 13.2 Å². The van der Waals surface area contributed by atoms with Crippen LogP contribution in [0.15, 0.2) is 6.07 Å². The van der Waals surface area contributed by atoms with Crippen molar-refractivity contribution in [2.45, 2.75) is 32.6 Å². The molecule has 6 heteroatoms. The van der Waals surface area contributed by atoms with Gasteiger partial charge < -0.3 is 4.74 Å². The molecule has 1 aromatic rings. The molecule has 0 unspecified atom stereocenters. The van der Waals surface area contributed by atoms with E-state index in [2.05, 4.69) is 22.2 Å². The topological polar surface area (TPSA) is 64.1 Å². The van der Waals surface area contributed by atoms with Gasteiger partial charge in [0.05, 0.1) is 7.11 Å².